The number of rotatable bonds is 3. The van der Waals surface area contributed by atoms with E-state index in [4.69, 9.17) is 4.74 Å². The molecule has 0 aromatic carbocycles. The smallest absolute Gasteiger partial charge is 0.369 e. The molecule has 3 heterocycles. The zero-order valence-corrected chi connectivity index (χ0v) is 13.5. The van der Waals surface area contributed by atoms with Crippen molar-refractivity contribution < 1.29 is 22.7 Å². The van der Waals surface area contributed by atoms with Crippen LogP contribution in [0.2, 0.25) is 0 Å². The number of hydrogen-bond acceptors (Lipinski definition) is 5. The summed E-state index contributed by atoms with van der Waals surface area (Å²) in [5.41, 5.74) is 2.19. The minimum atomic E-state index is -4.59. The normalized spacial score (nSPS) is 20.2. The quantitative estimate of drug-likeness (QED) is 0.880. The van der Waals surface area contributed by atoms with E-state index >= 15 is 0 Å². The molecule has 0 saturated heterocycles. The average molecular weight is 355 g/mol. The first kappa shape index (κ1) is 17.3. The Morgan fingerprint density at radius 2 is 2.04 bits per heavy atom. The van der Waals surface area contributed by atoms with E-state index in [1.54, 1.807) is 0 Å². The van der Waals surface area contributed by atoms with Crippen LogP contribution in [0, 0.1) is 0 Å². The highest BCUT2D eigenvalue weighted by Gasteiger charge is 2.34. The number of hydrogen-bond donors (Lipinski definition) is 2. The maximum atomic E-state index is 12.4. The molecule has 0 aliphatic carbocycles. The maximum absolute atomic E-state index is 12.4. The molecule has 2 aromatic heterocycles. The Hall–Kier alpha value is -2.49. The number of amides is 1. The number of aromatic amines is 1. The summed E-state index contributed by atoms with van der Waals surface area (Å²) in [7, 11) is 0. The number of alkyl halides is 3. The van der Waals surface area contributed by atoms with E-state index in [-0.39, 0.29) is 24.4 Å². The third kappa shape index (κ3) is 3.63. The molecule has 0 fully saturated rings. The van der Waals surface area contributed by atoms with E-state index in [2.05, 4.69) is 25.5 Å². The number of H-pyrrole nitrogens is 1. The Morgan fingerprint density at radius 1 is 1.36 bits per heavy atom. The molecule has 0 spiro atoms. The van der Waals surface area contributed by atoms with E-state index in [1.807, 2.05) is 13.8 Å². The summed E-state index contributed by atoms with van der Waals surface area (Å²) in [6, 6.07) is 0. The summed E-state index contributed by atoms with van der Waals surface area (Å²) in [5, 5.41) is 9.47. The molecule has 0 bridgehead atoms. The minimum Gasteiger partial charge on any atom is -0.369 e. The molecule has 0 unspecified atom stereocenters. The van der Waals surface area contributed by atoms with Crippen LogP contribution in [0.25, 0.3) is 0 Å². The Labute approximate surface area is 141 Å². The largest absolute Gasteiger partial charge is 0.451 e. The van der Waals surface area contributed by atoms with Gasteiger partial charge < -0.3 is 10.1 Å². The van der Waals surface area contributed by atoms with Crippen LogP contribution >= 0.6 is 0 Å². The van der Waals surface area contributed by atoms with Gasteiger partial charge in [0.25, 0.3) is 5.91 Å². The summed E-state index contributed by atoms with van der Waals surface area (Å²) in [4.78, 5) is 18.8. The highest BCUT2D eigenvalue weighted by atomic mass is 19.4. The van der Waals surface area contributed by atoms with Crippen LogP contribution in [-0.2, 0) is 23.9 Å². The lowest BCUT2D eigenvalue weighted by Gasteiger charge is -2.25. The van der Waals surface area contributed by atoms with Crippen molar-refractivity contribution in [3.63, 3.8) is 0 Å². The molecule has 3 rings (SSSR count). The Kier molecular flexibility index (Phi) is 4.46. The van der Waals surface area contributed by atoms with Gasteiger partial charge in [-0.25, -0.2) is 9.97 Å². The molecular formula is C15H16F3N5O2. The number of carbonyl (C=O) groups is 1. The number of nitrogens with zero attached hydrogens (tertiary/aromatic N) is 3. The van der Waals surface area contributed by atoms with E-state index in [1.165, 1.54) is 0 Å². The Morgan fingerprint density at radius 3 is 2.68 bits per heavy atom. The molecule has 2 aromatic rings. The van der Waals surface area contributed by atoms with Crippen molar-refractivity contribution in [1.29, 1.82) is 0 Å². The highest BCUT2D eigenvalue weighted by molar-refractivity contribution is 5.94. The van der Waals surface area contributed by atoms with Gasteiger partial charge >= 0.3 is 6.18 Å². The number of fused-ring (bicyclic) bond motifs is 1. The molecular weight excluding hydrogens is 339 g/mol. The van der Waals surface area contributed by atoms with Crippen molar-refractivity contribution in [3.8, 4) is 0 Å². The van der Waals surface area contributed by atoms with E-state index in [0.29, 0.717) is 12.0 Å². The van der Waals surface area contributed by atoms with Crippen LogP contribution in [0.4, 0.5) is 13.2 Å². The van der Waals surface area contributed by atoms with Gasteiger partial charge in [0.05, 0.1) is 17.9 Å². The van der Waals surface area contributed by atoms with Gasteiger partial charge in [0.2, 0.25) is 5.82 Å². The molecule has 10 heteroatoms. The fraction of sp³-hybridized carbons (Fsp3) is 0.467. The molecule has 0 saturated carbocycles. The third-order valence-electron chi connectivity index (χ3n) is 3.86. The average Bonchev–Trinajstić information content (AvgIpc) is 2.96. The van der Waals surface area contributed by atoms with Crippen molar-refractivity contribution in [2.24, 2.45) is 0 Å². The minimum absolute atomic E-state index is 0.000209. The van der Waals surface area contributed by atoms with Crippen molar-refractivity contribution in [2.45, 2.75) is 45.2 Å². The van der Waals surface area contributed by atoms with Gasteiger partial charge in [0.1, 0.15) is 0 Å². The van der Waals surface area contributed by atoms with Gasteiger partial charge in [0.15, 0.2) is 5.69 Å². The zero-order chi connectivity index (χ0) is 18.2. The van der Waals surface area contributed by atoms with Crippen molar-refractivity contribution in [3.05, 3.63) is 40.7 Å². The third-order valence-corrected chi connectivity index (χ3v) is 3.86. The van der Waals surface area contributed by atoms with E-state index in [9.17, 15) is 18.0 Å². The van der Waals surface area contributed by atoms with Gasteiger partial charge in [-0.1, -0.05) is 0 Å². The topological polar surface area (TPSA) is 92.8 Å². The number of carbonyl (C=O) groups excluding carboxylic acids is 1. The van der Waals surface area contributed by atoms with Crippen molar-refractivity contribution in [2.75, 3.05) is 0 Å². The van der Waals surface area contributed by atoms with Gasteiger partial charge in [-0.2, -0.15) is 18.3 Å². The standard InChI is InChI=1S/C15H16F3N5O2/c1-7-3-10-11(8(2)25-7)22-23-12(10)13(24)19-4-9-5-20-14(21-6-9)15(16,17)18/h5-8H,3-4H2,1-2H3,(H,19,24)(H,22,23)/t7-,8+/m1/s1. The van der Waals surface area contributed by atoms with Crippen LogP contribution in [0.5, 0.6) is 0 Å². The van der Waals surface area contributed by atoms with Gasteiger partial charge in [-0.15, -0.1) is 0 Å². The van der Waals surface area contributed by atoms with Gasteiger partial charge in [-0.3, -0.25) is 9.89 Å². The van der Waals surface area contributed by atoms with Crippen LogP contribution in [-0.4, -0.2) is 32.2 Å². The van der Waals surface area contributed by atoms with Crippen molar-refractivity contribution in [1.82, 2.24) is 25.5 Å². The molecule has 7 nitrogen and oxygen atoms in total. The summed E-state index contributed by atoms with van der Waals surface area (Å²) < 4.78 is 42.9. The lowest BCUT2D eigenvalue weighted by Crippen LogP contribution is -2.27. The highest BCUT2D eigenvalue weighted by Crippen LogP contribution is 2.30. The molecule has 1 aliphatic heterocycles. The van der Waals surface area contributed by atoms with Crippen LogP contribution in [0.15, 0.2) is 12.4 Å². The Balaban J connectivity index is 1.68. The zero-order valence-electron chi connectivity index (χ0n) is 13.5. The number of aromatic nitrogens is 4. The Bertz CT molecular complexity index is 772. The number of nitrogens with one attached hydrogen (secondary N) is 2. The van der Waals surface area contributed by atoms with Crippen molar-refractivity contribution >= 4 is 5.91 Å². The lowest BCUT2D eigenvalue weighted by molar-refractivity contribution is -0.145. The predicted molar refractivity (Wildman–Crippen MR) is 79.5 cm³/mol. The summed E-state index contributed by atoms with van der Waals surface area (Å²) in [6.07, 6.45) is -2.18. The molecule has 0 radical (unpaired) electrons. The lowest BCUT2D eigenvalue weighted by atomic mass is 9.99. The van der Waals surface area contributed by atoms with Crippen LogP contribution in [0.3, 0.4) is 0 Å². The van der Waals surface area contributed by atoms with Gasteiger partial charge in [-0.05, 0) is 13.8 Å². The predicted octanol–water partition coefficient (Wildman–Crippen LogP) is 2.17. The first-order chi connectivity index (χ1) is 11.8. The molecule has 25 heavy (non-hydrogen) atoms. The second-order valence-electron chi connectivity index (χ2n) is 5.85. The van der Waals surface area contributed by atoms with E-state index in [0.717, 1.165) is 23.7 Å². The fourth-order valence-electron chi connectivity index (χ4n) is 2.72. The second kappa shape index (κ2) is 6.43. The molecule has 2 N–H and O–H groups in total. The monoisotopic (exact) mass is 355 g/mol. The molecule has 2 atom stereocenters. The molecule has 1 amide bonds. The summed E-state index contributed by atoms with van der Waals surface area (Å²) in [5.74, 6) is -1.63. The number of halogens is 3. The van der Waals surface area contributed by atoms with Crippen LogP contribution < -0.4 is 5.32 Å². The maximum Gasteiger partial charge on any atom is 0.451 e. The SMILES string of the molecule is C[C@@H]1Cc2c(C(=O)NCc3cnc(C(F)(F)F)nc3)n[nH]c2[C@H](C)O1. The van der Waals surface area contributed by atoms with E-state index < -0.39 is 17.9 Å². The molecule has 1 aliphatic rings. The first-order valence-corrected chi connectivity index (χ1v) is 7.64. The summed E-state index contributed by atoms with van der Waals surface area (Å²) in [6.45, 7) is 3.78. The fourth-order valence-corrected chi connectivity index (χ4v) is 2.72. The van der Waals surface area contributed by atoms with Crippen LogP contribution in [0.1, 0.15) is 53.1 Å². The first-order valence-electron chi connectivity index (χ1n) is 7.64. The molecule has 134 valence electrons. The second-order valence-corrected chi connectivity index (χ2v) is 5.85. The van der Waals surface area contributed by atoms with Gasteiger partial charge in [0, 0.05) is 36.5 Å². The number of ether oxygens (including phenoxy) is 1. The summed E-state index contributed by atoms with van der Waals surface area (Å²) >= 11 is 0.